The van der Waals surface area contributed by atoms with Crippen LogP contribution in [0.4, 0.5) is 0 Å². The van der Waals surface area contributed by atoms with Crippen molar-refractivity contribution in [1.29, 1.82) is 0 Å². The number of ether oxygens (including phenoxy) is 1. The van der Waals surface area contributed by atoms with E-state index in [4.69, 9.17) is 10.5 Å². The highest BCUT2D eigenvalue weighted by Crippen LogP contribution is 2.16. The first-order chi connectivity index (χ1) is 11.5. The Bertz CT molecular complexity index is 714. The maximum atomic E-state index is 12.3. The van der Waals surface area contributed by atoms with Crippen LogP contribution in [0.5, 0.6) is 5.75 Å². The van der Waals surface area contributed by atoms with Gasteiger partial charge in [-0.05, 0) is 37.1 Å². The lowest BCUT2D eigenvalue weighted by Gasteiger charge is -2.17. The van der Waals surface area contributed by atoms with Gasteiger partial charge in [-0.1, -0.05) is 18.2 Å². The summed E-state index contributed by atoms with van der Waals surface area (Å²) in [6.45, 7) is 3.06. The number of aromatic nitrogens is 1. The Morgan fingerprint density at radius 1 is 1.21 bits per heavy atom. The number of benzene rings is 1. The number of para-hydroxylation sites is 1. The lowest BCUT2D eigenvalue weighted by Crippen LogP contribution is -2.29. The van der Waals surface area contributed by atoms with Crippen LogP contribution in [0.3, 0.4) is 0 Å². The maximum Gasteiger partial charge on any atom is 0.272 e. The molecule has 0 aliphatic heterocycles. The first-order valence-corrected chi connectivity index (χ1v) is 7.69. The summed E-state index contributed by atoms with van der Waals surface area (Å²) in [5, 5.41) is 0. The van der Waals surface area contributed by atoms with E-state index in [0.717, 1.165) is 11.3 Å². The molecule has 0 aliphatic carbocycles. The van der Waals surface area contributed by atoms with Crippen LogP contribution in [-0.2, 0) is 0 Å². The molecule has 0 atom stereocenters. The average Bonchev–Trinajstić information content (AvgIpc) is 2.59. The molecular weight excluding hydrogens is 306 g/mol. The topological polar surface area (TPSA) is 85.5 Å². The first kappa shape index (κ1) is 17.5. The summed E-state index contributed by atoms with van der Waals surface area (Å²) in [6.07, 6.45) is 2.01. The molecular formula is C18H21N3O3. The Hall–Kier alpha value is -2.89. The van der Waals surface area contributed by atoms with Crippen molar-refractivity contribution in [2.45, 2.75) is 13.3 Å². The lowest BCUT2D eigenvalue weighted by atomic mass is 10.2. The van der Waals surface area contributed by atoms with Crippen molar-refractivity contribution in [3.8, 4) is 5.75 Å². The van der Waals surface area contributed by atoms with E-state index in [2.05, 4.69) is 4.98 Å². The molecule has 0 spiro atoms. The molecule has 0 saturated carbocycles. The second kappa shape index (κ2) is 8.10. The highest BCUT2D eigenvalue weighted by Gasteiger charge is 2.13. The largest absolute Gasteiger partial charge is 0.493 e. The van der Waals surface area contributed by atoms with Gasteiger partial charge in [-0.2, -0.15) is 0 Å². The smallest absolute Gasteiger partial charge is 0.272 e. The Morgan fingerprint density at radius 2 is 1.96 bits per heavy atom. The monoisotopic (exact) mass is 327 g/mol. The molecule has 2 rings (SSSR count). The molecule has 126 valence electrons. The fourth-order valence-corrected chi connectivity index (χ4v) is 2.17. The van der Waals surface area contributed by atoms with Gasteiger partial charge < -0.3 is 15.4 Å². The molecule has 6 nitrogen and oxygen atoms in total. The minimum Gasteiger partial charge on any atom is -0.493 e. The zero-order chi connectivity index (χ0) is 17.5. The summed E-state index contributed by atoms with van der Waals surface area (Å²) in [7, 11) is 1.71. The minimum absolute atomic E-state index is 0.207. The Kier molecular flexibility index (Phi) is 5.89. The van der Waals surface area contributed by atoms with Gasteiger partial charge in [0.2, 0.25) is 5.91 Å². The molecule has 0 radical (unpaired) electrons. The second-order valence-corrected chi connectivity index (χ2v) is 5.49. The van der Waals surface area contributed by atoms with Gasteiger partial charge in [-0.15, -0.1) is 0 Å². The van der Waals surface area contributed by atoms with Crippen molar-refractivity contribution in [1.82, 2.24) is 9.88 Å². The minimum atomic E-state index is -0.566. The van der Waals surface area contributed by atoms with Gasteiger partial charge in [0.1, 0.15) is 11.4 Å². The summed E-state index contributed by atoms with van der Waals surface area (Å²) in [5.41, 5.74) is 6.79. The number of nitrogens with two attached hydrogens (primary N) is 1. The summed E-state index contributed by atoms with van der Waals surface area (Å²) in [5.74, 6) is 0.0836. The number of hydrogen-bond acceptors (Lipinski definition) is 4. The molecule has 2 N–H and O–H groups in total. The number of primary amides is 1. The molecule has 1 heterocycles. The van der Waals surface area contributed by atoms with Crippen molar-refractivity contribution in [2.24, 2.45) is 5.73 Å². The Labute approximate surface area is 141 Å². The van der Waals surface area contributed by atoms with E-state index in [-0.39, 0.29) is 17.2 Å². The van der Waals surface area contributed by atoms with Gasteiger partial charge in [-0.3, -0.25) is 14.6 Å². The van der Waals surface area contributed by atoms with Crippen LogP contribution in [0.15, 0.2) is 42.6 Å². The van der Waals surface area contributed by atoms with Crippen molar-refractivity contribution in [3.63, 3.8) is 0 Å². The van der Waals surface area contributed by atoms with Crippen LogP contribution in [0.1, 0.15) is 32.8 Å². The number of rotatable bonds is 7. The van der Waals surface area contributed by atoms with E-state index in [1.54, 1.807) is 11.9 Å². The van der Waals surface area contributed by atoms with Gasteiger partial charge in [0.25, 0.3) is 5.91 Å². The van der Waals surface area contributed by atoms with Crippen LogP contribution in [0, 0.1) is 6.92 Å². The lowest BCUT2D eigenvalue weighted by molar-refractivity contribution is 0.0781. The summed E-state index contributed by atoms with van der Waals surface area (Å²) < 4.78 is 5.71. The van der Waals surface area contributed by atoms with Crippen LogP contribution >= 0.6 is 0 Å². The van der Waals surface area contributed by atoms with E-state index in [9.17, 15) is 9.59 Å². The van der Waals surface area contributed by atoms with E-state index in [0.29, 0.717) is 19.6 Å². The fourth-order valence-electron chi connectivity index (χ4n) is 2.17. The number of carbonyl (C=O) groups excluding carboxylic acids is 2. The molecule has 1 aromatic heterocycles. The number of nitrogens with zero attached hydrogens (tertiary/aromatic N) is 2. The second-order valence-electron chi connectivity index (χ2n) is 5.49. The summed E-state index contributed by atoms with van der Waals surface area (Å²) >= 11 is 0. The van der Waals surface area contributed by atoms with E-state index >= 15 is 0 Å². The zero-order valence-electron chi connectivity index (χ0n) is 13.9. The molecule has 2 aromatic rings. The Morgan fingerprint density at radius 3 is 2.58 bits per heavy atom. The molecule has 0 saturated heterocycles. The van der Waals surface area contributed by atoms with E-state index in [1.807, 2.05) is 31.2 Å². The molecule has 6 heteroatoms. The summed E-state index contributed by atoms with van der Waals surface area (Å²) in [4.78, 5) is 28.8. The van der Waals surface area contributed by atoms with Gasteiger partial charge in [0, 0.05) is 19.8 Å². The van der Waals surface area contributed by atoms with Crippen molar-refractivity contribution in [3.05, 3.63) is 59.4 Å². The van der Waals surface area contributed by atoms with Gasteiger partial charge in [0.05, 0.1) is 12.2 Å². The molecule has 0 fully saturated rings. The molecule has 0 unspecified atom stereocenters. The SMILES string of the molecule is Cc1ccccc1OCCCN(C)C(=O)c1ccc(C(N)=O)cn1. The zero-order valence-corrected chi connectivity index (χ0v) is 13.9. The number of aryl methyl sites for hydroxylation is 1. The molecule has 0 bridgehead atoms. The molecule has 2 amide bonds. The number of amides is 2. The molecule has 0 aliphatic rings. The van der Waals surface area contributed by atoms with Crippen molar-refractivity contribution in [2.75, 3.05) is 20.2 Å². The highest BCUT2D eigenvalue weighted by molar-refractivity contribution is 5.95. The van der Waals surface area contributed by atoms with Crippen molar-refractivity contribution < 1.29 is 14.3 Å². The highest BCUT2D eigenvalue weighted by atomic mass is 16.5. The third-order valence-corrected chi connectivity index (χ3v) is 3.60. The quantitative estimate of drug-likeness (QED) is 0.789. The fraction of sp³-hybridized carbons (Fsp3) is 0.278. The third-order valence-electron chi connectivity index (χ3n) is 3.60. The van der Waals surface area contributed by atoms with Crippen LogP contribution in [-0.4, -0.2) is 41.9 Å². The van der Waals surface area contributed by atoms with Gasteiger partial charge in [-0.25, -0.2) is 0 Å². The maximum absolute atomic E-state index is 12.3. The van der Waals surface area contributed by atoms with E-state index < -0.39 is 5.91 Å². The number of pyridine rings is 1. The predicted molar refractivity (Wildman–Crippen MR) is 91.0 cm³/mol. The normalized spacial score (nSPS) is 10.2. The summed E-state index contributed by atoms with van der Waals surface area (Å²) in [6, 6.07) is 10.8. The number of carbonyl (C=O) groups is 2. The number of hydrogen-bond donors (Lipinski definition) is 1. The molecule has 24 heavy (non-hydrogen) atoms. The first-order valence-electron chi connectivity index (χ1n) is 7.69. The Balaban J connectivity index is 1.81. The van der Waals surface area contributed by atoms with Gasteiger partial charge in [0.15, 0.2) is 0 Å². The average molecular weight is 327 g/mol. The van der Waals surface area contributed by atoms with Crippen LogP contribution in [0.2, 0.25) is 0 Å². The van der Waals surface area contributed by atoms with Crippen LogP contribution in [0.25, 0.3) is 0 Å². The van der Waals surface area contributed by atoms with Gasteiger partial charge >= 0.3 is 0 Å². The molecule has 1 aromatic carbocycles. The van der Waals surface area contributed by atoms with Crippen LogP contribution < -0.4 is 10.5 Å². The van der Waals surface area contributed by atoms with E-state index in [1.165, 1.54) is 18.3 Å². The predicted octanol–water partition coefficient (Wildman–Crippen LogP) is 2.03. The third kappa shape index (κ3) is 4.55. The standard InChI is InChI=1S/C18H21N3O3/c1-13-6-3-4-7-16(13)24-11-5-10-21(2)18(23)15-9-8-14(12-20-15)17(19)22/h3-4,6-9,12H,5,10-11H2,1-2H3,(H2,19,22). The van der Waals surface area contributed by atoms with Crippen molar-refractivity contribution >= 4 is 11.8 Å².